The highest BCUT2D eigenvalue weighted by molar-refractivity contribution is 6.43. The van der Waals surface area contributed by atoms with Crippen LogP contribution in [0.2, 0.25) is 10.0 Å². The summed E-state index contributed by atoms with van der Waals surface area (Å²) in [7, 11) is 0. The Morgan fingerprint density at radius 3 is 2.38 bits per heavy atom. The van der Waals surface area contributed by atoms with Gasteiger partial charge in [0.05, 0.1) is 21.1 Å². The summed E-state index contributed by atoms with van der Waals surface area (Å²) in [5.74, 6) is -0.288. The molecule has 0 bridgehead atoms. The summed E-state index contributed by atoms with van der Waals surface area (Å²) in [4.78, 5) is 16.3. The topological polar surface area (TPSA) is 54.0 Å². The number of benzene rings is 2. The van der Waals surface area contributed by atoms with Crippen molar-refractivity contribution in [1.29, 1.82) is 0 Å². The van der Waals surface area contributed by atoms with E-state index in [1.54, 1.807) is 42.5 Å². The van der Waals surface area contributed by atoms with Gasteiger partial charge < -0.3 is 10.6 Å². The third-order valence-electron chi connectivity index (χ3n) is 5.62. The van der Waals surface area contributed by atoms with E-state index >= 15 is 0 Å². The molecule has 0 atom stereocenters. The zero-order chi connectivity index (χ0) is 22.9. The van der Waals surface area contributed by atoms with Gasteiger partial charge in [-0.15, -0.1) is 0 Å². The molecular weight excluding hydrogens is 462 g/mol. The third-order valence-corrected chi connectivity index (χ3v) is 6.44. The second-order valence-electron chi connectivity index (χ2n) is 7.84. The van der Waals surface area contributed by atoms with Crippen LogP contribution in [0.1, 0.15) is 41.7 Å². The van der Waals surface area contributed by atoms with Crippen molar-refractivity contribution in [3.8, 4) is 0 Å². The van der Waals surface area contributed by atoms with Crippen molar-refractivity contribution in [1.82, 2.24) is 10.3 Å². The van der Waals surface area contributed by atoms with Gasteiger partial charge in [-0.3, -0.25) is 4.79 Å². The van der Waals surface area contributed by atoms with Gasteiger partial charge in [-0.05, 0) is 49.9 Å². The Labute approximate surface area is 193 Å². The molecule has 1 heterocycles. The molecule has 0 radical (unpaired) electrons. The van der Waals surface area contributed by atoms with E-state index in [0.29, 0.717) is 52.9 Å². The Morgan fingerprint density at radius 2 is 1.66 bits per heavy atom. The molecule has 2 N–H and O–H groups in total. The zero-order valence-corrected chi connectivity index (χ0v) is 18.4. The molecule has 9 heteroatoms. The van der Waals surface area contributed by atoms with Gasteiger partial charge in [0, 0.05) is 23.2 Å². The van der Waals surface area contributed by atoms with Crippen LogP contribution in [0.25, 0.3) is 10.9 Å². The highest BCUT2D eigenvalue weighted by atomic mass is 35.5. The fourth-order valence-corrected chi connectivity index (χ4v) is 4.37. The Hall–Kier alpha value is -2.51. The molecule has 1 saturated carbocycles. The summed E-state index contributed by atoms with van der Waals surface area (Å²) in [6.45, 7) is 0. The number of amides is 1. The first-order valence-electron chi connectivity index (χ1n) is 10.2. The number of rotatable bonds is 4. The van der Waals surface area contributed by atoms with E-state index in [1.807, 2.05) is 0 Å². The van der Waals surface area contributed by atoms with E-state index < -0.39 is 11.9 Å². The summed E-state index contributed by atoms with van der Waals surface area (Å²) in [6, 6.07) is 12.7. The van der Waals surface area contributed by atoms with Crippen molar-refractivity contribution in [3.63, 3.8) is 0 Å². The molecule has 0 aliphatic heterocycles. The van der Waals surface area contributed by atoms with E-state index in [0.717, 1.165) is 6.07 Å². The summed E-state index contributed by atoms with van der Waals surface area (Å²) in [5.41, 5.74) is 0.116. The number of anilines is 1. The predicted octanol–water partition coefficient (Wildman–Crippen LogP) is 6.71. The smallest absolute Gasteiger partial charge is 0.382 e. The molecule has 4 nitrogen and oxygen atoms in total. The van der Waals surface area contributed by atoms with Crippen LogP contribution in [-0.2, 0) is 6.18 Å². The van der Waals surface area contributed by atoms with Crippen molar-refractivity contribution in [2.75, 3.05) is 5.32 Å². The van der Waals surface area contributed by atoms with Crippen molar-refractivity contribution in [3.05, 3.63) is 69.8 Å². The van der Waals surface area contributed by atoms with Crippen molar-refractivity contribution >= 4 is 45.7 Å². The number of pyridine rings is 1. The van der Waals surface area contributed by atoms with Crippen LogP contribution in [0.3, 0.4) is 0 Å². The number of carbonyl (C=O) groups excluding carboxylic acids is 1. The van der Waals surface area contributed by atoms with Crippen LogP contribution in [0, 0.1) is 0 Å². The zero-order valence-electron chi connectivity index (χ0n) is 16.8. The lowest BCUT2D eigenvalue weighted by Gasteiger charge is -2.31. The molecular formula is C23H20Cl2F3N3O. The SMILES string of the molecule is O=C(NC1CCC(Nc2cc(C(F)(F)F)nc3ccccc23)CC1)c1cccc(Cl)c1Cl. The van der Waals surface area contributed by atoms with Gasteiger partial charge in [-0.2, -0.15) is 13.2 Å². The van der Waals surface area contributed by atoms with Crippen molar-refractivity contribution in [2.24, 2.45) is 0 Å². The second-order valence-corrected chi connectivity index (χ2v) is 8.62. The van der Waals surface area contributed by atoms with Crippen LogP contribution in [0.15, 0.2) is 48.5 Å². The van der Waals surface area contributed by atoms with Crippen LogP contribution >= 0.6 is 23.2 Å². The Bertz CT molecular complexity index is 1150. The number of aromatic nitrogens is 1. The average molecular weight is 482 g/mol. The van der Waals surface area contributed by atoms with E-state index in [-0.39, 0.29) is 23.0 Å². The van der Waals surface area contributed by atoms with Gasteiger partial charge in [0.2, 0.25) is 0 Å². The molecule has 32 heavy (non-hydrogen) atoms. The van der Waals surface area contributed by atoms with Crippen molar-refractivity contribution in [2.45, 2.75) is 43.9 Å². The van der Waals surface area contributed by atoms with Gasteiger partial charge in [-0.25, -0.2) is 4.98 Å². The third kappa shape index (κ3) is 4.94. The Balaban J connectivity index is 1.43. The maximum Gasteiger partial charge on any atom is 0.433 e. The highest BCUT2D eigenvalue weighted by Crippen LogP contribution is 2.34. The van der Waals surface area contributed by atoms with E-state index in [2.05, 4.69) is 15.6 Å². The minimum atomic E-state index is -4.52. The lowest BCUT2D eigenvalue weighted by Crippen LogP contribution is -2.40. The lowest BCUT2D eigenvalue weighted by molar-refractivity contribution is -0.140. The number of para-hydroxylation sites is 1. The minimum absolute atomic E-state index is 0.00944. The Kier molecular flexibility index (Phi) is 6.49. The predicted molar refractivity (Wildman–Crippen MR) is 120 cm³/mol. The molecule has 1 aromatic heterocycles. The monoisotopic (exact) mass is 481 g/mol. The fourth-order valence-electron chi connectivity index (χ4n) is 3.98. The van der Waals surface area contributed by atoms with Crippen LogP contribution < -0.4 is 10.6 Å². The molecule has 3 aromatic rings. The van der Waals surface area contributed by atoms with Crippen molar-refractivity contribution < 1.29 is 18.0 Å². The van der Waals surface area contributed by atoms with Gasteiger partial charge in [0.25, 0.3) is 5.91 Å². The molecule has 1 fully saturated rings. The second kappa shape index (κ2) is 9.16. The Morgan fingerprint density at radius 1 is 0.969 bits per heavy atom. The van der Waals surface area contributed by atoms with Crippen LogP contribution in [-0.4, -0.2) is 23.0 Å². The first-order chi connectivity index (χ1) is 15.2. The van der Waals surface area contributed by atoms with E-state index in [1.165, 1.54) is 0 Å². The first-order valence-corrected chi connectivity index (χ1v) is 11.0. The molecule has 1 amide bonds. The normalized spacial score (nSPS) is 19.0. The molecule has 0 unspecified atom stereocenters. The number of halogens is 5. The van der Waals surface area contributed by atoms with Crippen LogP contribution in [0.4, 0.5) is 18.9 Å². The number of hydrogen-bond acceptors (Lipinski definition) is 3. The molecule has 2 aromatic carbocycles. The first kappa shape index (κ1) is 22.7. The number of nitrogens with zero attached hydrogens (tertiary/aromatic N) is 1. The van der Waals surface area contributed by atoms with Gasteiger partial charge in [0.15, 0.2) is 0 Å². The molecule has 168 valence electrons. The molecule has 4 rings (SSSR count). The summed E-state index contributed by atoms with van der Waals surface area (Å²) in [6.07, 6.45) is -1.74. The van der Waals surface area contributed by atoms with Gasteiger partial charge >= 0.3 is 6.18 Å². The lowest BCUT2D eigenvalue weighted by atomic mass is 9.90. The van der Waals surface area contributed by atoms with Crippen LogP contribution in [0.5, 0.6) is 0 Å². The summed E-state index contributed by atoms with van der Waals surface area (Å²) in [5, 5.41) is 7.42. The maximum absolute atomic E-state index is 13.3. The van der Waals surface area contributed by atoms with E-state index in [9.17, 15) is 18.0 Å². The fraction of sp³-hybridized carbons (Fsp3) is 0.304. The molecule has 1 aliphatic carbocycles. The number of fused-ring (bicyclic) bond motifs is 1. The largest absolute Gasteiger partial charge is 0.433 e. The number of nitrogens with one attached hydrogen (secondary N) is 2. The number of carbonyl (C=O) groups is 1. The standard InChI is InChI=1S/C23H20Cl2F3N3O/c24-17-6-3-5-16(21(17)25)22(32)30-14-10-8-13(9-11-14)29-19-12-20(23(26,27)28)31-18-7-2-1-4-15(18)19/h1-7,12-14H,8-11H2,(H,29,31)(H,30,32). The maximum atomic E-state index is 13.3. The molecule has 0 spiro atoms. The number of hydrogen-bond donors (Lipinski definition) is 2. The molecule has 1 aliphatic rings. The minimum Gasteiger partial charge on any atom is -0.382 e. The summed E-state index contributed by atoms with van der Waals surface area (Å²) >= 11 is 12.1. The van der Waals surface area contributed by atoms with Gasteiger partial charge in [0.1, 0.15) is 5.69 Å². The quantitative estimate of drug-likeness (QED) is 0.435. The number of alkyl halides is 3. The summed E-state index contributed by atoms with van der Waals surface area (Å²) < 4.78 is 39.9. The van der Waals surface area contributed by atoms with E-state index in [4.69, 9.17) is 23.2 Å². The average Bonchev–Trinajstić information content (AvgIpc) is 2.76. The van der Waals surface area contributed by atoms with Gasteiger partial charge in [-0.1, -0.05) is 47.5 Å². The highest BCUT2D eigenvalue weighted by Gasteiger charge is 2.34. The molecule has 0 saturated heterocycles.